The topological polar surface area (TPSA) is 64.4 Å². The Bertz CT molecular complexity index is 543. The third-order valence-electron chi connectivity index (χ3n) is 3.10. The Morgan fingerprint density at radius 1 is 1.33 bits per heavy atom. The number of hydrogen-bond acceptors (Lipinski definition) is 3. The molecule has 0 aromatic heterocycles. The standard InChI is InChI=1S/C14H15F3N2O2/c15-14(16,17)21-12-4-2-1-3-10(12)8-19-13(20)9-5-6-11(18)7-9/h1-6,9,11H,7-8,18H2,(H,19,20). The number of amides is 1. The number of benzene rings is 1. The second-order valence-electron chi connectivity index (χ2n) is 4.76. The van der Waals surface area contributed by atoms with E-state index in [0.717, 1.165) is 0 Å². The van der Waals surface area contributed by atoms with Crippen LogP contribution >= 0.6 is 0 Å². The maximum atomic E-state index is 12.3. The predicted octanol–water partition coefficient (Wildman–Crippen LogP) is 2.10. The molecule has 7 heteroatoms. The highest BCUT2D eigenvalue weighted by atomic mass is 19.4. The van der Waals surface area contributed by atoms with Crippen molar-refractivity contribution in [3.8, 4) is 5.75 Å². The van der Waals surface area contributed by atoms with Gasteiger partial charge in [0.15, 0.2) is 0 Å². The van der Waals surface area contributed by atoms with Crippen LogP contribution in [-0.2, 0) is 11.3 Å². The van der Waals surface area contributed by atoms with Crippen molar-refractivity contribution in [3.63, 3.8) is 0 Å². The zero-order valence-corrected chi connectivity index (χ0v) is 11.1. The Kier molecular flexibility index (Phi) is 4.52. The molecule has 2 atom stereocenters. The van der Waals surface area contributed by atoms with Crippen molar-refractivity contribution < 1.29 is 22.7 Å². The Morgan fingerprint density at radius 3 is 2.67 bits per heavy atom. The summed E-state index contributed by atoms with van der Waals surface area (Å²) in [5.41, 5.74) is 5.91. The Labute approximate surface area is 119 Å². The SMILES string of the molecule is NC1C=CC(C(=O)NCc2ccccc2OC(F)(F)F)C1. The van der Waals surface area contributed by atoms with Crippen LogP contribution in [0.25, 0.3) is 0 Å². The normalized spacial score (nSPS) is 21.3. The largest absolute Gasteiger partial charge is 0.573 e. The van der Waals surface area contributed by atoms with Crippen LogP contribution in [0.4, 0.5) is 13.2 Å². The molecular formula is C14H15F3N2O2. The van der Waals surface area contributed by atoms with Gasteiger partial charge >= 0.3 is 6.36 Å². The van der Waals surface area contributed by atoms with Gasteiger partial charge in [-0.25, -0.2) is 0 Å². The summed E-state index contributed by atoms with van der Waals surface area (Å²) in [6.45, 7) is -0.0370. The summed E-state index contributed by atoms with van der Waals surface area (Å²) >= 11 is 0. The summed E-state index contributed by atoms with van der Waals surface area (Å²) in [4.78, 5) is 11.9. The number of hydrogen-bond donors (Lipinski definition) is 2. The lowest BCUT2D eigenvalue weighted by molar-refractivity contribution is -0.274. The molecule has 1 aromatic carbocycles. The fourth-order valence-electron chi connectivity index (χ4n) is 2.11. The number of rotatable bonds is 4. The summed E-state index contributed by atoms with van der Waals surface area (Å²) in [7, 11) is 0. The second-order valence-corrected chi connectivity index (χ2v) is 4.76. The average molecular weight is 300 g/mol. The first-order valence-corrected chi connectivity index (χ1v) is 6.40. The van der Waals surface area contributed by atoms with Crippen LogP contribution in [0.5, 0.6) is 5.75 Å². The molecule has 0 fully saturated rings. The number of nitrogens with two attached hydrogens (primary N) is 1. The Balaban J connectivity index is 1.97. The van der Waals surface area contributed by atoms with E-state index in [0.29, 0.717) is 6.42 Å². The lowest BCUT2D eigenvalue weighted by Gasteiger charge is -2.15. The van der Waals surface area contributed by atoms with E-state index in [1.54, 1.807) is 18.2 Å². The highest BCUT2D eigenvalue weighted by molar-refractivity contribution is 5.81. The zero-order valence-electron chi connectivity index (χ0n) is 11.1. The number of ether oxygens (including phenoxy) is 1. The van der Waals surface area contributed by atoms with Gasteiger partial charge in [0.05, 0.1) is 5.92 Å². The van der Waals surface area contributed by atoms with Crippen molar-refractivity contribution >= 4 is 5.91 Å². The molecule has 2 unspecified atom stereocenters. The highest BCUT2D eigenvalue weighted by Crippen LogP contribution is 2.26. The van der Waals surface area contributed by atoms with Gasteiger partial charge in [-0.15, -0.1) is 13.2 Å². The molecule has 114 valence electrons. The van der Waals surface area contributed by atoms with Gasteiger partial charge in [0.1, 0.15) is 5.75 Å². The van der Waals surface area contributed by atoms with Crippen molar-refractivity contribution in [1.29, 1.82) is 0 Å². The molecule has 1 aliphatic carbocycles. The molecule has 3 N–H and O–H groups in total. The maximum Gasteiger partial charge on any atom is 0.573 e. The number of carbonyl (C=O) groups is 1. The van der Waals surface area contributed by atoms with E-state index in [9.17, 15) is 18.0 Å². The minimum absolute atomic E-state index is 0.0370. The molecule has 0 bridgehead atoms. The van der Waals surface area contributed by atoms with E-state index in [1.807, 2.05) is 0 Å². The summed E-state index contributed by atoms with van der Waals surface area (Å²) in [5, 5.41) is 2.59. The molecule has 1 amide bonds. The van der Waals surface area contributed by atoms with Gasteiger partial charge in [-0.05, 0) is 12.5 Å². The Hall–Kier alpha value is -2.02. The van der Waals surface area contributed by atoms with Crippen molar-refractivity contribution in [2.24, 2.45) is 11.7 Å². The van der Waals surface area contributed by atoms with Crippen LogP contribution < -0.4 is 15.8 Å². The van der Waals surface area contributed by atoms with Crippen LogP contribution in [0, 0.1) is 5.92 Å². The summed E-state index contributed by atoms with van der Waals surface area (Å²) in [5.74, 6) is -0.916. The van der Waals surface area contributed by atoms with Gasteiger partial charge in [-0.1, -0.05) is 30.4 Å². The molecular weight excluding hydrogens is 285 g/mol. The number of nitrogens with one attached hydrogen (secondary N) is 1. The van der Waals surface area contributed by atoms with Crippen LogP contribution in [0.15, 0.2) is 36.4 Å². The first-order chi connectivity index (χ1) is 9.85. The summed E-state index contributed by atoms with van der Waals surface area (Å²) < 4.78 is 40.8. The van der Waals surface area contributed by atoms with Gasteiger partial charge in [-0.2, -0.15) is 0 Å². The van der Waals surface area contributed by atoms with Crippen LogP contribution in [0.2, 0.25) is 0 Å². The van der Waals surface area contributed by atoms with Gasteiger partial charge in [0.25, 0.3) is 0 Å². The van der Waals surface area contributed by atoms with Crippen molar-refractivity contribution in [1.82, 2.24) is 5.32 Å². The number of carbonyl (C=O) groups excluding carboxylic acids is 1. The molecule has 0 saturated heterocycles. The molecule has 1 aromatic rings. The van der Waals surface area contributed by atoms with E-state index >= 15 is 0 Å². The van der Waals surface area contributed by atoms with Gasteiger partial charge in [0, 0.05) is 18.2 Å². The number of halogens is 3. The van der Waals surface area contributed by atoms with Crippen molar-refractivity contribution in [2.45, 2.75) is 25.4 Å². The van der Waals surface area contributed by atoms with Crippen LogP contribution in [-0.4, -0.2) is 18.3 Å². The van der Waals surface area contributed by atoms with Crippen LogP contribution in [0.1, 0.15) is 12.0 Å². The first-order valence-electron chi connectivity index (χ1n) is 6.40. The van der Waals surface area contributed by atoms with Gasteiger partial charge in [0.2, 0.25) is 5.91 Å². The van der Waals surface area contributed by atoms with E-state index in [-0.39, 0.29) is 35.7 Å². The van der Waals surface area contributed by atoms with Gasteiger partial charge in [-0.3, -0.25) is 4.79 Å². The van der Waals surface area contributed by atoms with Crippen LogP contribution in [0.3, 0.4) is 0 Å². The fraction of sp³-hybridized carbons (Fsp3) is 0.357. The highest BCUT2D eigenvalue weighted by Gasteiger charge is 2.32. The second kappa shape index (κ2) is 6.17. The fourth-order valence-corrected chi connectivity index (χ4v) is 2.11. The molecule has 0 radical (unpaired) electrons. The summed E-state index contributed by atoms with van der Waals surface area (Å²) in [6.07, 6.45) is -0.809. The Morgan fingerprint density at radius 2 is 2.05 bits per heavy atom. The van der Waals surface area contributed by atoms with E-state index in [1.165, 1.54) is 18.2 Å². The zero-order chi connectivity index (χ0) is 15.5. The van der Waals surface area contributed by atoms with E-state index in [2.05, 4.69) is 10.1 Å². The molecule has 21 heavy (non-hydrogen) atoms. The quantitative estimate of drug-likeness (QED) is 0.837. The molecule has 0 saturated carbocycles. The molecule has 0 heterocycles. The lowest BCUT2D eigenvalue weighted by atomic mass is 10.1. The molecule has 0 aliphatic heterocycles. The first kappa shape index (κ1) is 15.4. The average Bonchev–Trinajstić information content (AvgIpc) is 2.82. The molecule has 0 spiro atoms. The summed E-state index contributed by atoms with van der Waals surface area (Å²) in [6, 6.07) is 5.54. The van der Waals surface area contributed by atoms with Gasteiger partial charge < -0.3 is 15.8 Å². The van der Waals surface area contributed by atoms with E-state index < -0.39 is 6.36 Å². The minimum atomic E-state index is -4.76. The monoisotopic (exact) mass is 300 g/mol. The van der Waals surface area contributed by atoms with E-state index in [4.69, 9.17) is 5.73 Å². The molecule has 4 nitrogen and oxygen atoms in total. The maximum absolute atomic E-state index is 12.3. The molecule has 1 aliphatic rings. The smallest absolute Gasteiger partial charge is 0.405 e. The van der Waals surface area contributed by atoms with Crippen molar-refractivity contribution in [2.75, 3.05) is 0 Å². The molecule has 2 rings (SSSR count). The lowest BCUT2D eigenvalue weighted by Crippen LogP contribution is -2.30. The number of alkyl halides is 3. The number of para-hydroxylation sites is 1. The predicted molar refractivity (Wildman–Crippen MR) is 70.2 cm³/mol. The van der Waals surface area contributed by atoms with Crippen molar-refractivity contribution in [3.05, 3.63) is 42.0 Å². The third-order valence-corrected chi connectivity index (χ3v) is 3.10. The third kappa shape index (κ3) is 4.49. The minimum Gasteiger partial charge on any atom is -0.405 e.